The van der Waals surface area contributed by atoms with Gasteiger partial charge in [0.15, 0.2) is 5.82 Å². The number of nitrogens with zero attached hydrogens (tertiary/aromatic N) is 4. The van der Waals surface area contributed by atoms with Crippen LogP contribution in [0.3, 0.4) is 0 Å². The molecule has 2 amide bonds. The zero-order chi connectivity index (χ0) is 17.7. The van der Waals surface area contributed by atoms with E-state index < -0.39 is 5.97 Å². The van der Waals surface area contributed by atoms with Crippen LogP contribution in [0.25, 0.3) is 5.82 Å². The molecule has 0 atom stereocenters. The number of rotatable bonds is 6. The van der Waals surface area contributed by atoms with E-state index in [1.54, 1.807) is 17.9 Å². The summed E-state index contributed by atoms with van der Waals surface area (Å²) in [6.45, 7) is 2.22. The van der Waals surface area contributed by atoms with E-state index >= 15 is 0 Å². The second-order valence-corrected chi connectivity index (χ2v) is 5.70. The van der Waals surface area contributed by atoms with Gasteiger partial charge in [-0.05, 0) is 13.0 Å². The number of carbonyl (C=O) groups excluding carboxylic acids is 1. The monoisotopic (exact) mass is 351 g/mol. The molecule has 0 fully saturated rings. The van der Waals surface area contributed by atoms with Crippen LogP contribution in [0.15, 0.2) is 24.5 Å². The number of nitrogens with one attached hydrogen (secondary N) is 1. The summed E-state index contributed by atoms with van der Waals surface area (Å²) in [5.74, 6) is -0.370. The van der Waals surface area contributed by atoms with Crippen molar-refractivity contribution >= 4 is 23.6 Å². The lowest BCUT2D eigenvalue weighted by atomic mass is 10.2. The molecule has 2 aromatic heterocycles. The summed E-state index contributed by atoms with van der Waals surface area (Å²) >= 11 is 5.90. The molecule has 0 aromatic carbocycles. The maximum atomic E-state index is 12.0. The average Bonchev–Trinajstić information content (AvgIpc) is 2.97. The summed E-state index contributed by atoms with van der Waals surface area (Å²) in [4.78, 5) is 28.3. The lowest BCUT2D eigenvalue weighted by Gasteiger charge is -2.17. The molecule has 2 aromatic rings. The van der Waals surface area contributed by atoms with Crippen LogP contribution in [-0.2, 0) is 11.3 Å². The van der Waals surface area contributed by atoms with Crippen LogP contribution in [0.4, 0.5) is 4.79 Å². The van der Waals surface area contributed by atoms with Crippen molar-refractivity contribution in [1.29, 1.82) is 0 Å². The van der Waals surface area contributed by atoms with Gasteiger partial charge in [0.25, 0.3) is 0 Å². The van der Waals surface area contributed by atoms with Crippen molar-refractivity contribution in [2.75, 3.05) is 13.6 Å². The molecule has 0 aliphatic rings. The van der Waals surface area contributed by atoms with Crippen molar-refractivity contribution in [3.63, 3.8) is 0 Å². The van der Waals surface area contributed by atoms with Gasteiger partial charge in [0.1, 0.15) is 0 Å². The number of aliphatic carboxylic acids is 1. The van der Waals surface area contributed by atoms with Gasteiger partial charge in [0, 0.05) is 31.4 Å². The molecule has 0 radical (unpaired) electrons. The number of carbonyl (C=O) groups is 2. The Hall–Kier alpha value is -2.61. The van der Waals surface area contributed by atoms with E-state index in [4.69, 9.17) is 16.7 Å². The minimum absolute atomic E-state index is 0.104. The number of hydrogen-bond acceptors (Lipinski definition) is 4. The first-order chi connectivity index (χ1) is 11.4. The van der Waals surface area contributed by atoms with Gasteiger partial charge in [0.2, 0.25) is 0 Å². The van der Waals surface area contributed by atoms with Gasteiger partial charge in [-0.15, -0.1) is 0 Å². The Morgan fingerprint density at radius 3 is 2.79 bits per heavy atom. The van der Waals surface area contributed by atoms with Crippen LogP contribution in [0.5, 0.6) is 0 Å². The highest BCUT2D eigenvalue weighted by Gasteiger charge is 2.13. The first-order valence-electron chi connectivity index (χ1n) is 7.24. The highest BCUT2D eigenvalue weighted by molar-refractivity contribution is 6.30. The summed E-state index contributed by atoms with van der Waals surface area (Å²) in [5, 5.41) is 16.0. The van der Waals surface area contributed by atoms with Crippen LogP contribution in [0.2, 0.25) is 5.02 Å². The number of pyridine rings is 1. The van der Waals surface area contributed by atoms with E-state index in [1.807, 2.05) is 19.1 Å². The fourth-order valence-corrected chi connectivity index (χ4v) is 2.13. The Labute approximate surface area is 144 Å². The molecule has 2 rings (SSSR count). The molecule has 0 spiro atoms. The molecule has 2 heterocycles. The molecule has 0 aliphatic heterocycles. The molecule has 0 bridgehead atoms. The SMILES string of the molecule is Cc1ccc(CNC(=O)N(C)CCC(=O)O)c(-n2cc(Cl)cn2)n1. The summed E-state index contributed by atoms with van der Waals surface area (Å²) in [5.41, 5.74) is 1.57. The first kappa shape index (κ1) is 17.7. The lowest BCUT2D eigenvalue weighted by Crippen LogP contribution is -2.38. The van der Waals surface area contributed by atoms with Crippen LogP contribution in [0, 0.1) is 6.92 Å². The standard InChI is InChI=1S/C15H18ClN5O3/c1-10-3-4-11(14(19-10)21-9-12(16)8-18-21)7-17-15(24)20(2)6-5-13(22)23/h3-4,8-9H,5-7H2,1-2H3,(H,17,24)(H,22,23). The predicted molar refractivity (Wildman–Crippen MR) is 88.2 cm³/mol. The van der Waals surface area contributed by atoms with Gasteiger partial charge in [-0.1, -0.05) is 17.7 Å². The van der Waals surface area contributed by atoms with Gasteiger partial charge >= 0.3 is 12.0 Å². The Bertz CT molecular complexity index is 746. The highest BCUT2D eigenvalue weighted by atomic mass is 35.5. The molecule has 2 N–H and O–H groups in total. The molecular formula is C15H18ClN5O3. The number of hydrogen-bond donors (Lipinski definition) is 2. The number of carboxylic acids is 1. The average molecular weight is 352 g/mol. The normalized spacial score (nSPS) is 10.5. The topological polar surface area (TPSA) is 100 Å². The molecule has 9 heteroatoms. The van der Waals surface area contributed by atoms with E-state index in [-0.39, 0.29) is 25.5 Å². The third kappa shape index (κ3) is 4.69. The van der Waals surface area contributed by atoms with Crippen molar-refractivity contribution in [1.82, 2.24) is 25.0 Å². The number of aryl methyl sites for hydroxylation is 1. The van der Waals surface area contributed by atoms with Gasteiger partial charge < -0.3 is 15.3 Å². The van der Waals surface area contributed by atoms with E-state index in [2.05, 4.69) is 15.4 Å². The quantitative estimate of drug-likeness (QED) is 0.827. The molecule has 8 nitrogen and oxygen atoms in total. The Balaban J connectivity index is 2.07. The van der Waals surface area contributed by atoms with E-state index in [0.29, 0.717) is 10.8 Å². The highest BCUT2D eigenvalue weighted by Crippen LogP contribution is 2.15. The third-order valence-corrected chi connectivity index (χ3v) is 3.50. The molecule has 0 saturated heterocycles. The first-order valence-corrected chi connectivity index (χ1v) is 7.62. The van der Waals surface area contributed by atoms with Gasteiger partial charge in [0.05, 0.1) is 23.8 Å². The van der Waals surface area contributed by atoms with Crippen molar-refractivity contribution < 1.29 is 14.7 Å². The summed E-state index contributed by atoms with van der Waals surface area (Å²) in [7, 11) is 1.54. The minimum Gasteiger partial charge on any atom is -0.481 e. The van der Waals surface area contributed by atoms with Gasteiger partial charge in [-0.25, -0.2) is 14.5 Å². The van der Waals surface area contributed by atoms with Crippen LogP contribution < -0.4 is 5.32 Å². The molecule has 24 heavy (non-hydrogen) atoms. The maximum Gasteiger partial charge on any atom is 0.317 e. The zero-order valence-corrected chi connectivity index (χ0v) is 14.1. The maximum absolute atomic E-state index is 12.0. The van der Waals surface area contributed by atoms with Crippen LogP contribution in [0.1, 0.15) is 17.7 Å². The number of aromatic nitrogens is 3. The Kier molecular flexibility index (Phi) is 5.75. The van der Waals surface area contributed by atoms with E-state index in [9.17, 15) is 9.59 Å². The lowest BCUT2D eigenvalue weighted by molar-refractivity contribution is -0.137. The number of carboxylic acid groups (broad SMARTS) is 1. The second-order valence-electron chi connectivity index (χ2n) is 5.26. The number of amides is 2. The zero-order valence-electron chi connectivity index (χ0n) is 13.4. The summed E-state index contributed by atoms with van der Waals surface area (Å²) < 4.78 is 1.55. The summed E-state index contributed by atoms with van der Waals surface area (Å²) in [6, 6.07) is 3.33. The van der Waals surface area contributed by atoms with E-state index in [1.165, 1.54) is 11.1 Å². The smallest absolute Gasteiger partial charge is 0.317 e. The fraction of sp³-hybridized carbons (Fsp3) is 0.333. The van der Waals surface area contributed by atoms with Crippen LogP contribution >= 0.6 is 11.6 Å². The largest absolute Gasteiger partial charge is 0.481 e. The van der Waals surface area contributed by atoms with Crippen molar-refractivity contribution in [2.45, 2.75) is 19.9 Å². The second kappa shape index (κ2) is 7.78. The Morgan fingerprint density at radius 2 is 2.17 bits per heavy atom. The molecule has 0 unspecified atom stereocenters. The molecule has 128 valence electrons. The van der Waals surface area contributed by atoms with Gasteiger partial charge in [-0.2, -0.15) is 5.10 Å². The predicted octanol–water partition coefficient (Wildman–Crippen LogP) is 1.85. The van der Waals surface area contributed by atoms with E-state index in [0.717, 1.165) is 11.3 Å². The molecule has 0 saturated carbocycles. The fourth-order valence-electron chi connectivity index (χ4n) is 2.00. The number of halogens is 1. The molecule has 0 aliphatic carbocycles. The van der Waals surface area contributed by atoms with Crippen LogP contribution in [-0.4, -0.2) is 50.4 Å². The van der Waals surface area contributed by atoms with Crippen molar-refractivity contribution in [3.8, 4) is 5.82 Å². The summed E-state index contributed by atoms with van der Waals surface area (Å²) in [6.07, 6.45) is 3.04. The van der Waals surface area contributed by atoms with Gasteiger partial charge in [-0.3, -0.25) is 4.79 Å². The minimum atomic E-state index is -0.949. The molecular weight excluding hydrogens is 334 g/mol. The Morgan fingerprint density at radius 1 is 1.42 bits per heavy atom. The third-order valence-electron chi connectivity index (χ3n) is 3.30. The number of urea groups is 1. The van der Waals surface area contributed by atoms with Crippen molar-refractivity contribution in [2.24, 2.45) is 0 Å². The van der Waals surface area contributed by atoms with Crippen molar-refractivity contribution in [3.05, 3.63) is 40.8 Å².